The highest BCUT2D eigenvalue weighted by Gasteiger charge is 2.27. The summed E-state index contributed by atoms with van der Waals surface area (Å²) >= 11 is 0. The minimum absolute atomic E-state index is 0.204. The van der Waals surface area contributed by atoms with E-state index in [9.17, 15) is 4.79 Å². The Kier molecular flexibility index (Phi) is 3.06. The molecule has 6 nitrogen and oxygen atoms in total. The number of nitrogens with zero attached hydrogens (tertiary/aromatic N) is 3. The largest absolute Gasteiger partial charge is 0.361 e. The Labute approximate surface area is 110 Å². The van der Waals surface area contributed by atoms with Gasteiger partial charge in [0, 0.05) is 37.5 Å². The van der Waals surface area contributed by atoms with E-state index in [-0.39, 0.29) is 5.91 Å². The number of carbonyl (C=O) groups excluding carboxylic acids is 1. The third-order valence-electron chi connectivity index (χ3n) is 3.19. The first-order chi connectivity index (χ1) is 9.24. The maximum atomic E-state index is 11.8. The SMILES string of the molecule is Cc1cc(C(=O)NCCn2ccnc2C2CC2)no1. The van der Waals surface area contributed by atoms with Crippen molar-refractivity contribution < 1.29 is 9.32 Å². The fourth-order valence-electron chi connectivity index (χ4n) is 2.07. The molecule has 0 bridgehead atoms. The zero-order valence-electron chi connectivity index (χ0n) is 10.8. The number of hydrogen-bond acceptors (Lipinski definition) is 4. The molecule has 0 spiro atoms. The Bertz CT molecular complexity index is 583. The summed E-state index contributed by atoms with van der Waals surface area (Å²) in [5.74, 6) is 2.18. The van der Waals surface area contributed by atoms with Crippen LogP contribution < -0.4 is 5.32 Å². The molecule has 0 unspecified atom stereocenters. The number of rotatable bonds is 5. The molecule has 1 amide bonds. The van der Waals surface area contributed by atoms with Gasteiger partial charge >= 0.3 is 0 Å². The van der Waals surface area contributed by atoms with Gasteiger partial charge in [0.1, 0.15) is 11.6 Å². The molecule has 2 heterocycles. The molecule has 1 saturated carbocycles. The lowest BCUT2D eigenvalue weighted by molar-refractivity contribution is 0.0943. The lowest BCUT2D eigenvalue weighted by Gasteiger charge is -2.07. The van der Waals surface area contributed by atoms with Crippen LogP contribution in [0.5, 0.6) is 0 Å². The Balaban J connectivity index is 1.52. The maximum absolute atomic E-state index is 11.8. The fraction of sp³-hybridized carbons (Fsp3) is 0.462. The molecule has 0 atom stereocenters. The van der Waals surface area contributed by atoms with Crippen molar-refractivity contribution >= 4 is 5.91 Å². The molecule has 0 radical (unpaired) electrons. The molecule has 0 aliphatic heterocycles. The van der Waals surface area contributed by atoms with Crippen LogP contribution in [0.3, 0.4) is 0 Å². The van der Waals surface area contributed by atoms with Crippen molar-refractivity contribution in [2.75, 3.05) is 6.54 Å². The van der Waals surface area contributed by atoms with Gasteiger partial charge in [-0.2, -0.15) is 0 Å². The number of carbonyl (C=O) groups is 1. The predicted octanol–water partition coefficient (Wildman–Crippen LogP) is 1.49. The van der Waals surface area contributed by atoms with Crippen LogP contribution in [-0.4, -0.2) is 27.2 Å². The van der Waals surface area contributed by atoms with E-state index < -0.39 is 0 Å². The van der Waals surface area contributed by atoms with Crippen LogP contribution in [0.1, 0.15) is 40.8 Å². The number of nitrogens with one attached hydrogen (secondary N) is 1. The summed E-state index contributed by atoms with van der Waals surface area (Å²) in [6, 6.07) is 1.63. The minimum atomic E-state index is -0.204. The van der Waals surface area contributed by atoms with Crippen molar-refractivity contribution in [1.29, 1.82) is 0 Å². The summed E-state index contributed by atoms with van der Waals surface area (Å²) in [5.41, 5.74) is 0.325. The van der Waals surface area contributed by atoms with Crippen LogP contribution in [-0.2, 0) is 6.54 Å². The molecule has 1 aliphatic carbocycles. The van der Waals surface area contributed by atoms with Crippen molar-refractivity contribution in [3.8, 4) is 0 Å². The van der Waals surface area contributed by atoms with Crippen molar-refractivity contribution in [2.45, 2.75) is 32.2 Å². The minimum Gasteiger partial charge on any atom is -0.361 e. The Morgan fingerprint density at radius 1 is 1.58 bits per heavy atom. The lowest BCUT2D eigenvalue weighted by Crippen LogP contribution is -2.27. The van der Waals surface area contributed by atoms with Gasteiger partial charge in [0.2, 0.25) is 0 Å². The van der Waals surface area contributed by atoms with Crippen LogP contribution in [0.25, 0.3) is 0 Å². The van der Waals surface area contributed by atoms with Gasteiger partial charge in [-0.15, -0.1) is 0 Å². The summed E-state index contributed by atoms with van der Waals surface area (Å²) in [7, 11) is 0. The first kappa shape index (κ1) is 12.0. The molecule has 0 saturated heterocycles. The monoisotopic (exact) mass is 260 g/mol. The van der Waals surface area contributed by atoms with Crippen LogP contribution in [0.4, 0.5) is 0 Å². The topological polar surface area (TPSA) is 73.0 Å². The summed E-state index contributed by atoms with van der Waals surface area (Å²) in [4.78, 5) is 16.1. The van der Waals surface area contributed by atoms with Crippen LogP contribution in [0.2, 0.25) is 0 Å². The van der Waals surface area contributed by atoms with Gasteiger partial charge in [-0.25, -0.2) is 4.98 Å². The van der Waals surface area contributed by atoms with Crippen molar-refractivity contribution in [2.24, 2.45) is 0 Å². The van der Waals surface area contributed by atoms with E-state index in [0.29, 0.717) is 23.9 Å². The molecular formula is C13H16N4O2. The number of aryl methyl sites for hydroxylation is 1. The van der Waals surface area contributed by atoms with Crippen molar-refractivity contribution in [3.63, 3.8) is 0 Å². The molecular weight excluding hydrogens is 244 g/mol. The molecule has 0 aromatic carbocycles. The molecule has 3 rings (SSSR count). The van der Waals surface area contributed by atoms with Gasteiger partial charge in [0.15, 0.2) is 5.69 Å². The standard InChI is InChI=1S/C13H16N4O2/c1-9-8-11(16-19-9)13(18)15-5-7-17-6-4-14-12(17)10-2-3-10/h4,6,8,10H,2-3,5,7H2,1H3,(H,15,18). The van der Waals surface area contributed by atoms with Gasteiger partial charge < -0.3 is 14.4 Å². The predicted molar refractivity (Wildman–Crippen MR) is 67.8 cm³/mol. The normalized spacial score (nSPS) is 14.6. The zero-order valence-corrected chi connectivity index (χ0v) is 10.8. The number of aromatic nitrogens is 3. The summed E-state index contributed by atoms with van der Waals surface area (Å²) in [6.07, 6.45) is 6.22. The van der Waals surface area contributed by atoms with Crippen molar-refractivity contribution in [1.82, 2.24) is 20.0 Å². The second-order valence-electron chi connectivity index (χ2n) is 4.83. The summed E-state index contributed by atoms with van der Waals surface area (Å²) in [6.45, 7) is 3.05. The first-order valence-electron chi connectivity index (χ1n) is 6.46. The van der Waals surface area contributed by atoms with Crippen LogP contribution >= 0.6 is 0 Å². The van der Waals surface area contributed by atoms with Gasteiger partial charge in [-0.1, -0.05) is 5.16 Å². The molecule has 6 heteroatoms. The third-order valence-corrected chi connectivity index (χ3v) is 3.19. The summed E-state index contributed by atoms with van der Waals surface area (Å²) < 4.78 is 6.97. The van der Waals surface area contributed by atoms with Gasteiger partial charge in [-0.05, 0) is 19.8 Å². The van der Waals surface area contributed by atoms with E-state index in [0.717, 1.165) is 12.4 Å². The average Bonchev–Trinajstić information content (AvgIpc) is 2.97. The highest BCUT2D eigenvalue weighted by molar-refractivity contribution is 5.92. The van der Waals surface area contributed by atoms with Gasteiger partial charge in [0.25, 0.3) is 5.91 Å². The number of imidazole rings is 1. The van der Waals surface area contributed by atoms with Gasteiger partial charge in [-0.3, -0.25) is 4.79 Å². The van der Waals surface area contributed by atoms with E-state index in [1.807, 2.05) is 12.4 Å². The fourth-order valence-corrected chi connectivity index (χ4v) is 2.07. The third kappa shape index (κ3) is 2.67. The smallest absolute Gasteiger partial charge is 0.273 e. The highest BCUT2D eigenvalue weighted by Crippen LogP contribution is 2.38. The van der Waals surface area contributed by atoms with E-state index in [4.69, 9.17) is 4.52 Å². The molecule has 2 aromatic heterocycles. The van der Waals surface area contributed by atoms with Crippen LogP contribution in [0.15, 0.2) is 23.0 Å². The van der Waals surface area contributed by atoms with Gasteiger partial charge in [0.05, 0.1) is 0 Å². The van der Waals surface area contributed by atoms with E-state index >= 15 is 0 Å². The first-order valence-corrected chi connectivity index (χ1v) is 6.46. The highest BCUT2D eigenvalue weighted by atomic mass is 16.5. The number of hydrogen-bond donors (Lipinski definition) is 1. The molecule has 100 valence electrons. The summed E-state index contributed by atoms with van der Waals surface area (Å²) in [5, 5.41) is 6.51. The zero-order chi connectivity index (χ0) is 13.2. The second-order valence-corrected chi connectivity index (χ2v) is 4.83. The van der Waals surface area contributed by atoms with E-state index in [1.165, 1.54) is 12.8 Å². The average molecular weight is 260 g/mol. The molecule has 2 aromatic rings. The lowest BCUT2D eigenvalue weighted by atomic mass is 10.3. The number of amides is 1. The Morgan fingerprint density at radius 3 is 3.11 bits per heavy atom. The van der Waals surface area contributed by atoms with E-state index in [1.54, 1.807) is 13.0 Å². The van der Waals surface area contributed by atoms with Crippen LogP contribution in [0, 0.1) is 6.92 Å². The maximum Gasteiger partial charge on any atom is 0.273 e. The van der Waals surface area contributed by atoms with E-state index in [2.05, 4.69) is 20.0 Å². The molecule has 1 aliphatic rings. The Hall–Kier alpha value is -2.11. The molecule has 1 fully saturated rings. The van der Waals surface area contributed by atoms with Crippen molar-refractivity contribution in [3.05, 3.63) is 35.7 Å². The quantitative estimate of drug-likeness (QED) is 0.884. The molecule has 1 N–H and O–H groups in total. The Morgan fingerprint density at radius 2 is 2.42 bits per heavy atom. The second kappa shape index (κ2) is 4.87. The molecule has 19 heavy (non-hydrogen) atoms.